The second-order valence-corrected chi connectivity index (χ2v) is 13.0. The van der Waals surface area contributed by atoms with Gasteiger partial charge in [-0.1, -0.05) is 84.9 Å². The zero-order valence-electron chi connectivity index (χ0n) is 24.0. The summed E-state index contributed by atoms with van der Waals surface area (Å²) in [6.07, 6.45) is 0. The molecule has 0 radical (unpaired) electrons. The van der Waals surface area contributed by atoms with Crippen molar-refractivity contribution in [1.82, 2.24) is 4.90 Å². The maximum atomic E-state index is 14.2. The van der Waals surface area contributed by atoms with Gasteiger partial charge in [0.2, 0.25) is 17.7 Å². The maximum absolute atomic E-state index is 14.2. The number of alkyl halides is 2. The summed E-state index contributed by atoms with van der Waals surface area (Å²) in [5.41, 5.74) is 3.36. The maximum Gasteiger partial charge on any atom is 0.247 e. The topological polar surface area (TPSA) is 75.7 Å². The molecule has 2 bridgehead atoms. The lowest BCUT2D eigenvalue weighted by atomic mass is 9.54. The first-order valence-electron chi connectivity index (χ1n) is 14.8. The van der Waals surface area contributed by atoms with Gasteiger partial charge in [0.1, 0.15) is 27.3 Å². The van der Waals surface area contributed by atoms with Crippen LogP contribution in [-0.2, 0) is 24.1 Å². The molecule has 3 amide bonds. The number of carbonyl (C=O) groups is 3. The number of amides is 3. The molecule has 9 rings (SSSR count). The number of rotatable bonds is 5. The van der Waals surface area contributed by atoms with E-state index >= 15 is 0 Å². The highest BCUT2D eigenvalue weighted by Gasteiger charge is 2.73. The third-order valence-corrected chi connectivity index (χ3v) is 10.8. The van der Waals surface area contributed by atoms with E-state index in [1.54, 1.807) is 31.2 Å². The standard InChI is InChI=1S/C37H26Cl2N2O4/c1-21(33(42)40-23-17-19-24(20-18-23)45-30-16-8-10-22-9-2-3-11-25(22)30)41-34(43)31-32(35(41)44)37(39)27-13-5-4-12-26(27)36(31,38)28-14-6-7-15-29(28)37/h2-21,31-32H,1H3,(H,40,42)/t21-,31-,32+,36?,37?/m0/s1. The fourth-order valence-electron chi connectivity index (χ4n) is 7.45. The summed E-state index contributed by atoms with van der Waals surface area (Å²) in [7, 11) is 0. The molecule has 1 aliphatic heterocycles. The Morgan fingerprint density at radius 3 is 1.76 bits per heavy atom. The van der Waals surface area contributed by atoms with Gasteiger partial charge in [0, 0.05) is 11.1 Å². The van der Waals surface area contributed by atoms with Crippen molar-refractivity contribution in [2.24, 2.45) is 11.8 Å². The van der Waals surface area contributed by atoms with Crippen molar-refractivity contribution in [2.45, 2.75) is 22.7 Å². The largest absolute Gasteiger partial charge is 0.457 e. The predicted molar refractivity (Wildman–Crippen MR) is 174 cm³/mol. The number of fused-ring (bicyclic) bond motifs is 1. The summed E-state index contributed by atoms with van der Waals surface area (Å²) in [5, 5.41) is 4.91. The number of hydrogen-bond donors (Lipinski definition) is 1. The molecule has 1 fully saturated rings. The molecule has 0 unspecified atom stereocenters. The number of nitrogens with zero attached hydrogens (tertiary/aromatic N) is 1. The van der Waals surface area contributed by atoms with Gasteiger partial charge in [0.25, 0.3) is 0 Å². The van der Waals surface area contributed by atoms with Crippen molar-refractivity contribution >= 4 is 57.4 Å². The van der Waals surface area contributed by atoms with Gasteiger partial charge in [-0.05, 0) is 64.9 Å². The van der Waals surface area contributed by atoms with E-state index in [0.717, 1.165) is 21.4 Å². The molecule has 1 heterocycles. The number of imide groups is 1. The molecule has 4 aliphatic rings. The van der Waals surface area contributed by atoms with Crippen LogP contribution in [-0.4, -0.2) is 28.7 Å². The number of hydrogen-bond acceptors (Lipinski definition) is 4. The first-order chi connectivity index (χ1) is 21.7. The first kappa shape index (κ1) is 27.9. The van der Waals surface area contributed by atoms with Gasteiger partial charge in [-0.25, -0.2) is 0 Å². The Hall–Kier alpha value is -4.65. The Morgan fingerprint density at radius 1 is 0.711 bits per heavy atom. The molecular formula is C37H26Cl2N2O4. The molecule has 0 saturated carbocycles. The lowest BCUT2D eigenvalue weighted by Crippen LogP contribution is -2.57. The molecule has 1 N–H and O–H groups in total. The van der Waals surface area contributed by atoms with E-state index in [-0.39, 0.29) is 0 Å². The Labute approximate surface area is 269 Å². The lowest BCUT2D eigenvalue weighted by Gasteiger charge is -2.54. The van der Waals surface area contributed by atoms with E-state index in [0.29, 0.717) is 33.7 Å². The molecule has 222 valence electrons. The summed E-state index contributed by atoms with van der Waals surface area (Å²) in [4.78, 5) is 40.4. The second-order valence-electron chi connectivity index (χ2n) is 11.8. The monoisotopic (exact) mass is 632 g/mol. The number of halogens is 2. The molecule has 8 heteroatoms. The Morgan fingerprint density at radius 2 is 1.20 bits per heavy atom. The van der Waals surface area contributed by atoms with E-state index in [4.69, 9.17) is 27.9 Å². The fraction of sp³-hybridized carbons (Fsp3) is 0.162. The van der Waals surface area contributed by atoms with Gasteiger partial charge >= 0.3 is 0 Å². The SMILES string of the molecule is C[C@@H](C(=O)Nc1ccc(Oc2cccc3ccccc23)cc1)N1C(=O)[C@@H]2[C@H](C1=O)C1(Cl)c3ccccc3C2(Cl)c2ccccc21. The third kappa shape index (κ3) is 3.79. The molecule has 1 saturated heterocycles. The minimum atomic E-state index is -1.30. The third-order valence-electron chi connectivity index (χ3n) is 9.49. The summed E-state index contributed by atoms with van der Waals surface area (Å²) < 4.78 is 6.13. The smallest absolute Gasteiger partial charge is 0.247 e. The molecule has 0 spiro atoms. The van der Waals surface area contributed by atoms with E-state index < -0.39 is 45.3 Å². The molecule has 5 aromatic rings. The highest BCUT2D eigenvalue weighted by atomic mass is 35.5. The number of benzene rings is 5. The summed E-state index contributed by atoms with van der Waals surface area (Å²) in [5.74, 6) is -2.12. The number of likely N-dealkylation sites (tertiary alicyclic amines) is 1. The number of anilines is 1. The van der Waals surface area contributed by atoms with Crippen LogP contribution in [0.4, 0.5) is 5.69 Å². The number of nitrogens with one attached hydrogen (secondary N) is 1. The van der Waals surface area contributed by atoms with Crippen LogP contribution in [0.25, 0.3) is 10.8 Å². The zero-order valence-corrected chi connectivity index (χ0v) is 25.5. The van der Waals surface area contributed by atoms with E-state index in [9.17, 15) is 14.4 Å². The quantitative estimate of drug-likeness (QED) is 0.160. The minimum absolute atomic E-state index is 0.496. The molecular weight excluding hydrogens is 607 g/mol. The average Bonchev–Trinajstić information content (AvgIpc) is 3.35. The van der Waals surface area contributed by atoms with Crippen molar-refractivity contribution in [3.8, 4) is 11.5 Å². The fourth-order valence-corrected chi connectivity index (χ4v) is 8.55. The van der Waals surface area contributed by atoms with Gasteiger partial charge in [0.05, 0.1) is 11.8 Å². The Kier molecular flexibility index (Phi) is 6.15. The highest BCUT2D eigenvalue weighted by Crippen LogP contribution is 2.69. The lowest BCUT2D eigenvalue weighted by molar-refractivity contribution is -0.146. The summed E-state index contributed by atoms with van der Waals surface area (Å²) in [6.45, 7) is 1.55. The van der Waals surface area contributed by atoms with Crippen LogP contribution in [0.5, 0.6) is 11.5 Å². The van der Waals surface area contributed by atoms with E-state index in [2.05, 4.69) is 5.32 Å². The molecule has 3 aliphatic carbocycles. The van der Waals surface area contributed by atoms with Crippen LogP contribution in [0, 0.1) is 11.8 Å². The van der Waals surface area contributed by atoms with Gasteiger partial charge in [-0.15, -0.1) is 23.2 Å². The van der Waals surface area contributed by atoms with Crippen LogP contribution < -0.4 is 10.1 Å². The van der Waals surface area contributed by atoms with Crippen molar-refractivity contribution in [3.63, 3.8) is 0 Å². The van der Waals surface area contributed by atoms with Gasteiger partial charge in [-0.3, -0.25) is 19.3 Å². The van der Waals surface area contributed by atoms with Gasteiger partial charge in [-0.2, -0.15) is 0 Å². The zero-order chi connectivity index (χ0) is 31.1. The van der Waals surface area contributed by atoms with Crippen LogP contribution in [0.3, 0.4) is 0 Å². The number of carbonyl (C=O) groups excluding carboxylic acids is 3. The molecule has 5 aromatic carbocycles. The highest BCUT2D eigenvalue weighted by molar-refractivity contribution is 6.36. The van der Waals surface area contributed by atoms with Crippen molar-refractivity contribution in [1.29, 1.82) is 0 Å². The van der Waals surface area contributed by atoms with Crippen LogP contribution in [0.2, 0.25) is 0 Å². The summed E-state index contributed by atoms with van der Waals surface area (Å²) in [6, 6.07) is 34.6. The van der Waals surface area contributed by atoms with Crippen molar-refractivity contribution < 1.29 is 19.1 Å². The summed E-state index contributed by atoms with van der Waals surface area (Å²) >= 11 is 15.0. The average molecular weight is 634 g/mol. The Bertz CT molecular complexity index is 1930. The van der Waals surface area contributed by atoms with Crippen LogP contribution in [0.1, 0.15) is 29.2 Å². The van der Waals surface area contributed by atoms with Crippen molar-refractivity contribution in [2.75, 3.05) is 5.32 Å². The number of ether oxygens (including phenoxy) is 1. The van der Waals surface area contributed by atoms with E-state index in [1.807, 2.05) is 91.0 Å². The van der Waals surface area contributed by atoms with Crippen LogP contribution in [0.15, 0.2) is 115 Å². The Balaban J connectivity index is 1.06. The first-order valence-corrected chi connectivity index (χ1v) is 15.5. The van der Waals surface area contributed by atoms with Gasteiger partial charge in [0.15, 0.2) is 0 Å². The molecule has 0 aromatic heterocycles. The molecule has 45 heavy (non-hydrogen) atoms. The molecule has 3 atom stereocenters. The van der Waals surface area contributed by atoms with Crippen LogP contribution >= 0.6 is 23.2 Å². The van der Waals surface area contributed by atoms with Crippen molar-refractivity contribution in [3.05, 3.63) is 138 Å². The molecule has 6 nitrogen and oxygen atoms in total. The normalized spacial score (nSPS) is 25.0. The van der Waals surface area contributed by atoms with Gasteiger partial charge < -0.3 is 10.1 Å². The predicted octanol–water partition coefficient (Wildman–Crippen LogP) is 7.55. The minimum Gasteiger partial charge on any atom is -0.457 e. The second kappa shape index (κ2) is 9.93. The van der Waals surface area contributed by atoms with E-state index in [1.165, 1.54) is 0 Å².